The number of nitrogens with zero attached hydrogens (tertiary/aromatic N) is 1. The molecule has 2 aliphatic heterocycles. The van der Waals surface area contributed by atoms with E-state index in [1.165, 1.54) is 0 Å². The van der Waals surface area contributed by atoms with Crippen molar-refractivity contribution in [3.05, 3.63) is 0 Å². The van der Waals surface area contributed by atoms with Gasteiger partial charge in [-0.1, -0.05) is 13.8 Å². The predicted molar refractivity (Wildman–Crippen MR) is 53.4 cm³/mol. The molecule has 0 N–H and O–H groups in total. The molecule has 2 saturated carbocycles. The van der Waals surface area contributed by atoms with E-state index in [1.54, 1.807) is 0 Å². The molecule has 4 rings (SSSR count). The Labute approximate surface area is 93.8 Å². The highest BCUT2D eigenvalue weighted by Crippen LogP contribution is 2.78. The second kappa shape index (κ2) is 2.00. The largest absolute Gasteiger partial charge is 0.294 e. The minimum Gasteiger partial charge on any atom is -0.294 e. The minimum atomic E-state index is -3.38. The summed E-state index contributed by atoms with van der Waals surface area (Å²) >= 11 is 0. The lowest BCUT2D eigenvalue weighted by Gasteiger charge is -2.34. The minimum absolute atomic E-state index is 0.00942. The first-order chi connectivity index (χ1) is 7.30. The van der Waals surface area contributed by atoms with Gasteiger partial charge in [-0.05, 0) is 22.7 Å². The van der Waals surface area contributed by atoms with Crippen molar-refractivity contribution in [1.82, 2.24) is 4.47 Å². The molecule has 1 unspecified atom stereocenters. The van der Waals surface area contributed by atoms with Crippen molar-refractivity contribution in [2.24, 2.45) is 16.7 Å². The van der Waals surface area contributed by atoms with E-state index in [1.807, 2.05) is 13.8 Å². The summed E-state index contributed by atoms with van der Waals surface area (Å²) in [7, 11) is -3.38. The Hall–Kier alpha value is -0.460. The number of Topliss-reactive ketones (excluding diaryl/α,β-unsaturated/α-hetero) is 1. The Morgan fingerprint density at radius 1 is 1.44 bits per heavy atom. The summed E-state index contributed by atoms with van der Waals surface area (Å²) in [5, 5.41) is 0. The van der Waals surface area contributed by atoms with Gasteiger partial charge in [0.05, 0.1) is 5.75 Å². The summed E-state index contributed by atoms with van der Waals surface area (Å²) in [6.07, 6.45) is 1.59. The number of carbonyl (C=O) groups is 1. The zero-order valence-corrected chi connectivity index (χ0v) is 10.0. The van der Waals surface area contributed by atoms with Crippen LogP contribution in [0.5, 0.6) is 0 Å². The first-order valence-corrected chi connectivity index (χ1v) is 7.17. The Morgan fingerprint density at radius 3 is 2.69 bits per heavy atom. The fourth-order valence-corrected chi connectivity index (χ4v) is 6.75. The highest BCUT2D eigenvalue weighted by Gasteiger charge is 2.93. The van der Waals surface area contributed by atoms with Gasteiger partial charge in [0.25, 0.3) is 0 Å². The number of hydrogen-bond acceptors (Lipinski definition) is 4. The molecule has 2 heterocycles. The van der Waals surface area contributed by atoms with Gasteiger partial charge in [0, 0.05) is 11.3 Å². The maximum Gasteiger partial charge on any atom is 0.246 e. The standard InChI is InChI=1S/C10H13NO4S/c1-8(2)6-3-4-9(8)5-16(13,14)11-10(9,15-11)7(6)12/h6H,3-5H2,1-2H3/t6-,9+,10+,11?/m1/s1. The molecule has 0 aromatic carbocycles. The third kappa shape index (κ3) is 0.581. The molecule has 0 amide bonds. The maximum absolute atomic E-state index is 12.3. The summed E-state index contributed by atoms with van der Waals surface area (Å²) in [4.78, 5) is 17.5. The molecular weight excluding hydrogens is 230 g/mol. The normalized spacial score (nSPS) is 58.5. The number of rotatable bonds is 0. The lowest BCUT2D eigenvalue weighted by atomic mass is 9.68. The average molecular weight is 243 g/mol. The summed E-state index contributed by atoms with van der Waals surface area (Å²) in [6.45, 7) is 4.02. The summed E-state index contributed by atoms with van der Waals surface area (Å²) in [6, 6.07) is 0. The van der Waals surface area contributed by atoms with Crippen LogP contribution in [0, 0.1) is 16.7 Å². The fourth-order valence-electron chi connectivity index (χ4n) is 4.42. The monoisotopic (exact) mass is 243 g/mol. The summed E-state index contributed by atoms with van der Waals surface area (Å²) < 4.78 is 24.7. The molecule has 4 fully saturated rings. The van der Waals surface area contributed by atoms with Gasteiger partial charge in [0.2, 0.25) is 15.7 Å². The number of hydroxylamine groups is 1. The van der Waals surface area contributed by atoms with E-state index in [4.69, 9.17) is 4.84 Å². The molecule has 6 heteroatoms. The SMILES string of the molecule is CC1(C)[C@@H]2CC[C@]13CS(=O)(=O)N1O[C@]13C2=O. The van der Waals surface area contributed by atoms with E-state index in [9.17, 15) is 13.2 Å². The molecule has 16 heavy (non-hydrogen) atoms. The van der Waals surface area contributed by atoms with E-state index in [0.29, 0.717) is 0 Å². The molecule has 4 atom stereocenters. The zero-order chi connectivity index (χ0) is 11.6. The molecule has 5 nitrogen and oxygen atoms in total. The number of fused-ring (bicyclic) bond motifs is 1. The van der Waals surface area contributed by atoms with Gasteiger partial charge in [0.1, 0.15) is 0 Å². The zero-order valence-electron chi connectivity index (χ0n) is 9.19. The van der Waals surface area contributed by atoms with Crippen LogP contribution in [0.25, 0.3) is 0 Å². The average Bonchev–Trinajstić information content (AvgIpc) is 2.77. The van der Waals surface area contributed by atoms with Crippen molar-refractivity contribution in [1.29, 1.82) is 0 Å². The lowest BCUT2D eigenvalue weighted by Crippen LogP contribution is -2.44. The molecule has 2 bridgehead atoms. The first-order valence-electron chi connectivity index (χ1n) is 5.56. The van der Waals surface area contributed by atoms with Gasteiger partial charge in [-0.15, -0.1) is 0 Å². The summed E-state index contributed by atoms with van der Waals surface area (Å²) in [5.41, 5.74) is -1.86. The third-order valence-corrected chi connectivity index (χ3v) is 7.08. The van der Waals surface area contributed by atoms with Gasteiger partial charge in [-0.3, -0.25) is 4.79 Å². The van der Waals surface area contributed by atoms with Crippen LogP contribution < -0.4 is 0 Å². The van der Waals surface area contributed by atoms with Crippen molar-refractivity contribution < 1.29 is 18.0 Å². The van der Waals surface area contributed by atoms with E-state index >= 15 is 0 Å². The molecule has 2 spiro atoms. The number of carbonyl (C=O) groups excluding carboxylic acids is 1. The van der Waals surface area contributed by atoms with Crippen LogP contribution in [0.4, 0.5) is 0 Å². The Kier molecular flexibility index (Phi) is 1.19. The van der Waals surface area contributed by atoms with Gasteiger partial charge in [0.15, 0.2) is 5.78 Å². The maximum atomic E-state index is 12.3. The van der Waals surface area contributed by atoms with Gasteiger partial charge >= 0.3 is 0 Å². The number of ketones is 1. The highest BCUT2D eigenvalue weighted by molar-refractivity contribution is 7.89. The molecule has 2 aliphatic carbocycles. The Morgan fingerprint density at radius 2 is 2.12 bits per heavy atom. The van der Waals surface area contributed by atoms with E-state index in [0.717, 1.165) is 17.3 Å². The van der Waals surface area contributed by atoms with Crippen LogP contribution in [0.2, 0.25) is 0 Å². The van der Waals surface area contributed by atoms with Crippen LogP contribution in [0.3, 0.4) is 0 Å². The van der Waals surface area contributed by atoms with Gasteiger partial charge in [-0.2, -0.15) is 0 Å². The van der Waals surface area contributed by atoms with Crippen LogP contribution in [0.15, 0.2) is 0 Å². The van der Waals surface area contributed by atoms with E-state index in [-0.39, 0.29) is 22.9 Å². The van der Waals surface area contributed by atoms with Gasteiger partial charge in [-0.25, -0.2) is 13.3 Å². The molecular formula is C10H13NO4S. The van der Waals surface area contributed by atoms with E-state index < -0.39 is 21.2 Å². The Bertz CT molecular complexity index is 539. The van der Waals surface area contributed by atoms with Crippen LogP contribution in [-0.4, -0.2) is 30.1 Å². The van der Waals surface area contributed by atoms with Crippen molar-refractivity contribution in [3.63, 3.8) is 0 Å². The highest BCUT2D eigenvalue weighted by atomic mass is 32.2. The lowest BCUT2D eigenvalue weighted by molar-refractivity contribution is -0.128. The Balaban J connectivity index is 2.05. The molecule has 0 aromatic rings. The fraction of sp³-hybridized carbons (Fsp3) is 0.900. The van der Waals surface area contributed by atoms with Crippen molar-refractivity contribution >= 4 is 15.8 Å². The van der Waals surface area contributed by atoms with Gasteiger partial charge < -0.3 is 0 Å². The van der Waals surface area contributed by atoms with Crippen molar-refractivity contribution in [2.45, 2.75) is 32.4 Å². The second-order valence-corrected chi connectivity index (χ2v) is 7.76. The smallest absolute Gasteiger partial charge is 0.246 e. The molecule has 2 saturated heterocycles. The number of hydrogen-bond donors (Lipinski definition) is 0. The van der Waals surface area contributed by atoms with E-state index in [2.05, 4.69) is 0 Å². The summed E-state index contributed by atoms with van der Waals surface area (Å²) in [5.74, 6) is 0.0349. The second-order valence-electron chi connectivity index (χ2n) is 5.98. The topological polar surface area (TPSA) is 66.8 Å². The van der Waals surface area contributed by atoms with Crippen LogP contribution >= 0.6 is 0 Å². The molecule has 0 aromatic heterocycles. The molecule has 4 aliphatic rings. The van der Waals surface area contributed by atoms with Crippen molar-refractivity contribution in [3.8, 4) is 0 Å². The van der Waals surface area contributed by atoms with Crippen molar-refractivity contribution in [2.75, 3.05) is 5.75 Å². The quantitative estimate of drug-likeness (QED) is 0.573. The van der Waals surface area contributed by atoms with Crippen LogP contribution in [0.1, 0.15) is 26.7 Å². The van der Waals surface area contributed by atoms with Crippen LogP contribution in [-0.2, 0) is 19.7 Å². The third-order valence-electron chi connectivity index (χ3n) is 5.38. The first kappa shape index (κ1) is 9.56. The predicted octanol–water partition coefficient (Wildman–Crippen LogP) is 0.279. The number of sulfonamides is 1. The molecule has 0 radical (unpaired) electrons. The molecule has 88 valence electrons.